The number of aryl methyl sites for hydroxylation is 2. The van der Waals surface area contributed by atoms with Gasteiger partial charge in [-0.3, -0.25) is 4.79 Å². The van der Waals surface area contributed by atoms with E-state index in [-0.39, 0.29) is 23.9 Å². The lowest BCUT2D eigenvalue weighted by Crippen LogP contribution is -2.36. The highest BCUT2D eigenvalue weighted by molar-refractivity contribution is 5.90. The zero-order chi connectivity index (χ0) is 19.1. The number of carbonyl (C=O) groups is 2. The van der Waals surface area contributed by atoms with Crippen LogP contribution in [0.3, 0.4) is 0 Å². The SMILES string of the molecule is CNC(=O)CCc1ccccc1NC(=O)N[C@H](c1nccn1C)C(C)C. The third kappa shape index (κ3) is 5.08. The molecule has 0 aliphatic heterocycles. The number of anilines is 1. The minimum absolute atomic E-state index is 0.0288. The van der Waals surface area contributed by atoms with Gasteiger partial charge >= 0.3 is 6.03 Å². The summed E-state index contributed by atoms with van der Waals surface area (Å²) in [6.07, 6.45) is 4.51. The van der Waals surface area contributed by atoms with E-state index in [0.717, 1.165) is 11.4 Å². The van der Waals surface area contributed by atoms with Crippen molar-refractivity contribution >= 4 is 17.6 Å². The Morgan fingerprint density at radius 2 is 1.96 bits per heavy atom. The van der Waals surface area contributed by atoms with Crippen LogP contribution < -0.4 is 16.0 Å². The molecule has 0 saturated heterocycles. The Kier molecular flexibility index (Phi) is 6.77. The van der Waals surface area contributed by atoms with Crippen LogP contribution in [0.5, 0.6) is 0 Å². The van der Waals surface area contributed by atoms with Gasteiger partial charge in [-0.1, -0.05) is 32.0 Å². The molecule has 0 unspecified atom stereocenters. The molecule has 0 bridgehead atoms. The van der Waals surface area contributed by atoms with Crippen LogP contribution in [0.4, 0.5) is 10.5 Å². The fraction of sp³-hybridized carbons (Fsp3) is 0.421. The Morgan fingerprint density at radius 1 is 1.23 bits per heavy atom. The Labute approximate surface area is 154 Å². The lowest BCUT2D eigenvalue weighted by Gasteiger charge is -2.22. The van der Waals surface area contributed by atoms with E-state index in [1.807, 2.05) is 55.9 Å². The molecule has 0 spiro atoms. The normalized spacial score (nSPS) is 11.9. The number of aromatic nitrogens is 2. The first-order valence-corrected chi connectivity index (χ1v) is 8.75. The topological polar surface area (TPSA) is 88.1 Å². The van der Waals surface area contributed by atoms with Crippen LogP contribution in [0.25, 0.3) is 0 Å². The molecule has 140 valence electrons. The summed E-state index contributed by atoms with van der Waals surface area (Å²) >= 11 is 0. The number of carbonyl (C=O) groups excluding carboxylic acids is 2. The van der Waals surface area contributed by atoms with Crippen LogP contribution in [0.2, 0.25) is 0 Å². The van der Waals surface area contributed by atoms with Crippen LogP contribution in [0.15, 0.2) is 36.7 Å². The molecule has 0 saturated carbocycles. The highest BCUT2D eigenvalue weighted by Gasteiger charge is 2.22. The quantitative estimate of drug-likeness (QED) is 0.712. The first-order valence-electron chi connectivity index (χ1n) is 8.75. The van der Waals surface area contributed by atoms with E-state index in [0.29, 0.717) is 18.5 Å². The molecule has 3 N–H and O–H groups in total. The Balaban J connectivity index is 2.07. The van der Waals surface area contributed by atoms with Crippen LogP contribution in [-0.2, 0) is 18.3 Å². The maximum absolute atomic E-state index is 12.5. The minimum Gasteiger partial charge on any atom is -0.359 e. The lowest BCUT2D eigenvalue weighted by molar-refractivity contribution is -0.120. The van der Waals surface area contributed by atoms with Gasteiger partial charge in [-0.25, -0.2) is 9.78 Å². The molecule has 7 heteroatoms. The molecule has 3 amide bonds. The van der Waals surface area contributed by atoms with Crippen molar-refractivity contribution in [2.24, 2.45) is 13.0 Å². The second-order valence-corrected chi connectivity index (χ2v) is 6.55. The second-order valence-electron chi connectivity index (χ2n) is 6.55. The van der Waals surface area contributed by atoms with Gasteiger partial charge in [0.1, 0.15) is 5.82 Å². The predicted octanol–water partition coefficient (Wildman–Crippen LogP) is 2.62. The van der Waals surface area contributed by atoms with E-state index in [9.17, 15) is 9.59 Å². The summed E-state index contributed by atoms with van der Waals surface area (Å²) in [6.45, 7) is 4.08. The highest BCUT2D eigenvalue weighted by atomic mass is 16.2. The number of hydrogen-bond acceptors (Lipinski definition) is 3. The van der Waals surface area contributed by atoms with Crippen LogP contribution in [0.1, 0.15) is 37.7 Å². The van der Waals surface area contributed by atoms with Gasteiger partial charge in [0.2, 0.25) is 5.91 Å². The molecule has 1 aromatic heterocycles. The molecule has 0 aliphatic rings. The van der Waals surface area contributed by atoms with E-state index in [2.05, 4.69) is 20.9 Å². The van der Waals surface area contributed by atoms with Gasteiger partial charge in [0.05, 0.1) is 6.04 Å². The largest absolute Gasteiger partial charge is 0.359 e. The standard InChI is InChI=1S/C19H27N5O2/c1-13(2)17(18-21-11-12-24(18)4)23-19(26)22-15-8-6-5-7-14(15)9-10-16(25)20-3/h5-8,11-13,17H,9-10H2,1-4H3,(H,20,25)(H2,22,23,26)/t17-/m0/s1. The Bertz CT molecular complexity index is 754. The zero-order valence-corrected chi connectivity index (χ0v) is 15.7. The summed E-state index contributed by atoms with van der Waals surface area (Å²) in [4.78, 5) is 28.4. The molecule has 0 aliphatic carbocycles. The number of para-hydroxylation sites is 1. The number of nitrogens with zero attached hydrogens (tertiary/aromatic N) is 2. The fourth-order valence-electron chi connectivity index (χ4n) is 2.74. The van der Waals surface area contributed by atoms with Crippen molar-refractivity contribution < 1.29 is 9.59 Å². The van der Waals surface area contributed by atoms with E-state index in [1.54, 1.807) is 13.2 Å². The summed E-state index contributed by atoms with van der Waals surface area (Å²) < 4.78 is 1.91. The molecular weight excluding hydrogens is 330 g/mol. The molecule has 0 radical (unpaired) electrons. The first-order chi connectivity index (χ1) is 12.4. The van der Waals surface area contributed by atoms with E-state index in [1.165, 1.54) is 0 Å². The second kappa shape index (κ2) is 9.03. The van der Waals surface area contributed by atoms with Crippen molar-refractivity contribution in [1.82, 2.24) is 20.2 Å². The Morgan fingerprint density at radius 3 is 2.58 bits per heavy atom. The van der Waals surface area contributed by atoms with E-state index < -0.39 is 0 Å². The third-order valence-electron chi connectivity index (χ3n) is 4.26. The maximum atomic E-state index is 12.5. The van der Waals surface area contributed by atoms with Gasteiger partial charge in [0.25, 0.3) is 0 Å². The predicted molar refractivity (Wildman–Crippen MR) is 102 cm³/mol. The maximum Gasteiger partial charge on any atom is 0.319 e. The van der Waals surface area contributed by atoms with Crippen LogP contribution in [-0.4, -0.2) is 28.5 Å². The highest BCUT2D eigenvalue weighted by Crippen LogP contribution is 2.21. The van der Waals surface area contributed by atoms with Crippen LogP contribution in [0, 0.1) is 5.92 Å². The van der Waals surface area contributed by atoms with Gasteiger partial charge < -0.3 is 20.5 Å². The molecule has 2 rings (SSSR count). The zero-order valence-electron chi connectivity index (χ0n) is 15.7. The Hall–Kier alpha value is -2.83. The first kappa shape index (κ1) is 19.5. The van der Waals surface area contributed by atoms with E-state index >= 15 is 0 Å². The summed E-state index contributed by atoms with van der Waals surface area (Å²) in [5, 5.41) is 8.51. The van der Waals surface area contributed by atoms with Gasteiger partial charge in [-0.15, -0.1) is 0 Å². The average molecular weight is 357 g/mol. The monoisotopic (exact) mass is 357 g/mol. The smallest absolute Gasteiger partial charge is 0.319 e. The summed E-state index contributed by atoms with van der Waals surface area (Å²) in [7, 11) is 3.52. The summed E-state index contributed by atoms with van der Waals surface area (Å²) in [5.41, 5.74) is 1.63. The molecule has 1 aromatic carbocycles. The van der Waals surface area contributed by atoms with Gasteiger partial charge in [0.15, 0.2) is 0 Å². The van der Waals surface area contributed by atoms with E-state index in [4.69, 9.17) is 0 Å². The number of benzene rings is 1. The molecule has 2 aromatic rings. The molecular formula is C19H27N5O2. The minimum atomic E-state index is -0.293. The van der Waals surface area contributed by atoms with Gasteiger partial charge in [-0.05, 0) is 24.0 Å². The molecule has 0 fully saturated rings. The molecule has 1 atom stereocenters. The number of amides is 3. The van der Waals surface area contributed by atoms with Gasteiger partial charge in [0, 0.05) is 38.6 Å². The fourth-order valence-corrected chi connectivity index (χ4v) is 2.74. The number of urea groups is 1. The number of rotatable bonds is 7. The molecule has 1 heterocycles. The van der Waals surface area contributed by atoms with Crippen molar-refractivity contribution in [3.8, 4) is 0 Å². The number of imidazole rings is 1. The van der Waals surface area contributed by atoms with Crippen molar-refractivity contribution in [2.45, 2.75) is 32.7 Å². The molecule has 7 nitrogen and oxygen atoms in total. The molecule has 26 heavy (non-hydrogen) atoms. The number of hydrogen-bond donors (Lipinski definition) is 3. The average Bonchev–Trinajstić information content (AvgIpc) is 3.04. The summed E-state index contributed by atoms with van der Waals surface area (Å²) in [6, 6.07) is 7.01. The summed E-state index contributed by atoms with van der Waals surface area (Å²) in [5.74, 6) is 0.965. The number of nitrogens with one attached hydrogen (secondary N) is 3. The third-order valence-corrected chi connectivity index (χ3v) is 4.26. The van der Waals surface area contributed by atoms with Crippen molar-refractivity contribution in [3.05, 3.63) is 48.0 Å². The van der Waals surface area contributed by atoms with Gasteiger partial charge in [-0.2, -0.15) is 0 Å². The van der Waals surface area contributed by atoms with Crippen molar-refractivity contribution in [3.63, 3.8) is 0 Å². The van der Waals surface area contributed by atoms with Crippen LogP contribution >= 0.6 is 0 Å². The van der Waals surface area contributed by atoms with Crippen molar-refractivity contribution in [1.29, 1.82) is 0 Å². The van der Waals surface area contributed by atoms with Crippen molar-refractivity contribution in [2.75, 3.05) is 12.4 Å². The lowest BCUT2D eigenvalue weighted by atomic mass is 10.0.